The number of rotatable bonds is 10. The van der Waals surface area contributed by atoms with Crippen molar-refractivity contribution < 1.29 is 22.7 Å². The first-order valence-electron chi connectivity index (χ1n) is 12.5. The molecule has 0 aliphatic carbocycles. The predicted molar refractivity (Wildman–Crippen MR) is 151 cm³/mol. The number of nitrogens with zero attached hydrogens (tertiary/aromatic N) is 4. The summed E-state index contributed by atoms with van der Waals surface area (Å²) in [6.07, 6.45) is 0.922. The average molecular weight is 562 g/mol. The number of aromatic nitrogens is 4. The molecule has 0 aliphatic heterocycles. The second kappa shape index (κ2) is 11.4. The molecule has 4 rings (SSSR count). The third kappa shape index (κ3) is 6.60. The van der Waals surface area contributed by atoms with Gasteiger partial charge in [0, 0.05) is 23.2 Å². The average Bonchev–Trinajstić information content (AvgIpc) is 2.90. The third-order valence-electron chi connectivity index (χ3n) is 5.90. The highest BCUT2D eigenvalue weighted by atomic mass is 32.2. The highest BCUT2D eigenvalue weighted by Crippen LogP contribution is 2.39. The summed E-state index contributed by atoms with van der Waals surface area (Å²) in [5, 5.41) is 0. The summed E-state index contributed by atoms with van der Waals surface area (Å²) in [5.74, 6) is 0.918. The molecule has 0 amide bonds. The SMILES string of the molecule is COc1ccccc1Oc1c(CC(C)(C)C=O)nc(-c2nc(C)cc(C)n2)nc1NS(=O)(=O)c1ccc(C)cc1. The van der Waals surface area contributed by atoms with E-state index in [1.54, 1.807) is 56.3 Å². The third-order valence-corrected chi connectivity index (χ3v) is 7.26. The maximum absolute atomic E-state index is 13.5. The van der Waals surface area contributed by atoms with Gasteiger partial charge in [-0.1, -0.05) is 43.7 Å². The lowest BCUT2D eigenvalue weighted by atomic mass is 9.89. The molecular weight excluding hydrogens is 530 g/mol. The zero-order valence-corrected chi connectivity index (χ0v) is 24.0. The van der Waals surface area contributed by atoms with E-state index in [4.69, 9.17) is 9.47 Å². The fourth-order valence-corrected chi connectivity index (χ4v) is 4.91. The number of benzene rings is 2. The number of carbonyl (C=O) groups excluding carboxylic acids is 1. The lowest BCUT2D eigenvalue weighted by molar-refractivity contribution is -0.114. The van der Waals surface area contributed by atoms with Gasteiger partial charge in [0.1, 0.15) is 6.29 Å². The molecule has 0 unspecified atom stereocenters. The molecule has 0 spiro atoms. The number of hydrogen-bond donors (Lipinski definition) is 1. The molecule has 0 saturated carbocycles. The van der Waals surface area contributed by atoms with Gasteiger partial charge in [0.15, 0.2) is 34.7 Å². The lowest BCUT2D eigenvalue weighted by Gasteiger charge is -2.22. The van der Waals surface area contributed by atoms with Crippen molar-refractivity contribution in [3.8, 4) is 28.9 Å². The van der Waals surface area contributed by atoms with Crippen molar-refractivity contribution in [3.63, 3.8) is 0 Å². The molecule has 0 bridgehead atoms. The van der Waals surface area contributed by atoms with Crippen molar-refractivity contribution in [3.05, 3.63) is 77.2 Å². The summed E-state index contributed by atoms with van der Waals surface area (Å²) in [4.78, 5) is 30.1. The molecule has 0 atom stereocenters. The van der Waals surface area contributed by atoms with Crippen LogP contribution in [0.15, 0.2) is 59.5 Å². The van der Waals surface area contributed by atoms with Crippen molar-refractivity contribution in [1.29, 1.82) is 0 Å². The van der Waals surface area contributed by atoms with Gasteiger partial charge in [-0.2, -0.15) is 0 Å². The Kier molecular flexibility index (Phi) is 8.15. The molecule has 1 N–H and O–H groups in total. The molecule has 2 aromatic heterocycles. The molecule has 0 radical (unpaired) electrons. The minimum atomic E-state index is -4.10. The Hall–Kier alpha value is -4.38. The Morgan fingerprint density at radius 3 is 2.08 bits per heavy atom. The van der Waals surface area contributed by atoms with Crippen LogP contribution >= 0.6 is 0 Å². The summed E-state index contributed by atoms with van der Waals surface area (Å²) in [6.45, 7) is 8.99. The zero-order valence-electron chi connectivity index (χ0n) is 23.2. The number of sulfonamides is 1. The van der Waals surface area contributed by atoms with Crippen LogP contribution in [0.3, 0.4) is 0 Å². The van der Waals surface area contributed by atoms with Crippen LogP contribution in [0.2, 0.25) is 0 Å². The van der Waals surface area contributed by atoms with E-state index in [1.807, 2.05) is 20.8 Å². The van der Waals surface area contributed by atoms with Gasteiger partial charge in [-0.25, -0.2) is 28.4 Å². The van der Waals surface area contributed by atoms with Crippen LogP contribution in [0.1, 0.15) is 36.5 Å². The number of methoxy groups -OCH3 is 1. The summed E-state index contributed by atoms with van der Waals surface area (Å²) < 4.78 is 41.3. The largest absolute Gasteiger partial charge is 0.493 e. The smallest absolute Gasteiger partial charge is 0.263 e. The van der Waals surface area contributed by atoms with E-state index in [9.17, 15) is 13.2 Å². The van der Waals surface area contributed by atoms with Gasteiger partial charge < -0.3 is 14.3 Å². The van der Waals surface area contributed by atoms with E-state index < -0.39 is 15.4 Å². The number of carbonyl (C=O) groups is 1. The van der Waals surface area contributed by atoms with Crippen LogP contribution in [0.25, 0.3) is 11.6 Å². The number of aryl methyl sites for hydroxylation is 3. The van der Waals surface area contributed by atoms with Gasteiger partial charge in [-0.05, 0) is 51.1 Å². The minimum Gasteiger partial charge on any atom is -0.493 e. The van der Waals surface area contributed by atoms with Crippen LogP contribution in [-0.2, 0) is 21.2 Å². The second-order valence-electron chi connectivity index (χ2n) is 10.1. The quantitative estimate of drug-likeness (QED) is 0.258. The topological polar surface area (TPSA) is 133 Å². The second-order valence-corrected chi connectivity index (χ2v) is 11.8. The first-order chi connectivity index (χ1) is 18.9. The number of nitrogens with one attached hydrogen (secondary N) is 1. The summed E-state index contributed by atoms with van der Waals surface area (Å²) in [7, 11) is -2.61. The first kappa shape index (κ1) is 28.6. The monoisotopic (exact) mass is 561 g/mol. The van der Waals surface area contributed by atoms with Crippen molar-refractivity contribution in [2.24, 2.45) is 5.41 Å². The van der Waals surface area contributed by atoms with E-state index in [2.05, 4.69) is 24.7 Å². The molecule has 0 aliphatic rings. The molecule has 2 aromatic carbocycles. The van der Waals surface area contributed by atoms with Crippen molar-refractivity contribution in [2.75, 3.05) is 11.8 Å². The predicted octanol–water partition coefficient (Wildman–Crippen LogP) is 5.23. The Morgan fingerprint density at radius 1 is 0.875 bits per heavy atom. The fraction of sp³-hybridized carbons (Fsp3) is 0.276. The molecular formula is C29H31N5O5S. The van der Waals surface area contributed by atoms with E-state index >= 15 is 0 Å². The van der Waals surface area contributed by atoms with Gasteiger partial charge in [0.05, 0.1) is 17.7 Å². The molecule has 10 nitrogen and oxygen atoms in total. The van der Waals surface area contributed by atoms with Crippen LogP contribution in [0.4, 0.5) is 5.82 Å². The van der Waals surface area contributed by atoms with Crippen LogP contribution in [0, 0.1) is 26.2 Å². The van der Waals surface area contributed by atoms with Crippen LogP contribution in [0.5, 0.6) is 17.2 Å². The summed E-state index contributed by atoms with van der Waals surface area (Å²) >= 11 is 0. The summed E-state index contributed by atoms with van der Waals surface area (Å²) in [5.41, 5.74) is 1.72. The Bertz CT molecular complexity index is 1630. The molecule has 2 heterocycles. The maximum Gasteiger partial charge on any atom is 0.263 e. The molecule has 4 aromatic rings. The molecule has 0 saturated heterocycles. The van der Waals surface area contributed by atoms with Gasteiger partial charge >= 0.3 is 0 Å². The lowest BCUT2D eigenvalue weighted by Crippen LogP contribution is -2.21. The normalized spacial score (nSPS) is 11.7. The van der Waals surface area contributed by atoms with Crippen molar-refractivity contribution in [1.82, 2.24) is 19.9 Å². The highest BCUT2D eigenvalue weighted by Gasteiger charge is 2.28. The van der Waals surface area contributed by atoms with E-state index in [-0.39, 0.29) is 40.2 Å². The van der Waals surface area contributed by atoms with E-state index in [0.29, 0.717) is 22.9 Å². The summed E-state index contributed by atoms with van der Waals surface area (Å²) in [6, 6.07) is 15.1. The number of ether oxygens (including phenoxy) is 2. The number of aldehydes is 1. The number of anilines is 1. The van der Waals surface area contributed by atoms with E-state index in [1.165, 1.54) is 19.2 Å². The van der Waals surface area contributed by atoms with Crippen LogP contribution in [-0.4, -0.2) is 41.7 Å². The van der Waals surface area contributed by atoms with Crippen molar-refractivity contribution >= 4 is 22.1 Å². The van der Waals surface area contributed by atoms with Gasteiger partial charge in [-0.3, -0.25) is 4.72 Å². The van der Waals surface area contributed by atoms with E-state index in [0.717, 1.165) is 11.8 Å². The highest BCUT2D eigenvalue weighted by molar-refractivity contribution is 7.92. The van der Waals surface area contributed by atoms with Crippen molar-refractivity contribution in [2.45, 2.75) is 45.9 Å². The molecule has 40 heavy (non-hydrogen) atoms. The van der Waals surface area contributed by atoms with Gasteiger partial charge in [0.2, 0.25) is 0 Å². The Labute approximate surface area is 233 Å². The molecule has 208 valence electrons. The first-order valence-corrected chi connectivity index (χ1v) is 14.0. The zero-order chi connectivity index (χ0) is 29.1. The number of hydrogen-bond acceptors (Lipinski definition) is 9. The molecule has 0 fully saturated rings. The maximum atomic E-state index is 13.5. The van der Waals surface area contributed by atoms with Gasteiger partial charge in [0.25, 0.3) is 10.0 Å². The Morgan fingerprint density at radius 2 is 1.48 bits per heavy atom. The standard InChI is InChI=1S/C29H31N5O5S/c1-18-11-13-21(14-12-18)40(36,37)34-26-25(39-24-10-8-7-9-23(24)38-6)22(16-29(4,5)17-35)32-28(33-26)27-30-19(2)15-20(3)31-27/h7-15,17H,16H2,1-6H3,(H,32,33,34). The fourth-order valence-electron chi connectivity index (χ4n) is 3.91. The van der Waals surface area contributed by atoms with Crippen LogP contribution < -0.4 is 14.2 Å². The number of para-hydroxylation sites is 2. The molecule has 11 heteroatoms. The Balaban J connectivity index is 1.97. The van der Waals surface area contributed by atoms with Gasteiger partial charge in [-0.15, -0.1) is 0 Å². The minimum absolute atomic E-state index is 0.0308.